The van der Waals surface area contributed by atoms with Crippen LogP contribution in [-0.4, -0.2) is 78.1 Å². The first kappa shape index (κ1) is 24.7. The molecule has 2 amide bonds. The molecule has 0 aliphatic carbocycles. The highest BCUT2D eigenvalue weighted by molar-refractivity contribution is 5.95. The van der Waals surface area contributed by atoms with Crippen molar-refractivity contribution in [2.75, 3.05) is 31.1 Å². The molecule has 2 aliphatic rings. The zero-order valence-electron chi connectivity index (χ0n) is 20.3. The van der Waals surface area contributed by atoms with Gasteiger partial charge in [0.15, 0.2) is 6.10 Å². The molecule has 2 saturated heterocycles. The summed E-state index contributed by atoms with van der Waals surface area (Å²) in [7, 11) is 0. The van der Waals surface area contributed by atoms with Gasteiger partial charge in [-0.15, -0.1) is 0 Å². The highest BCUT2D eigenvalue weighted by Gasteiger charge is 2.40. The molecule has 1 aromatic carbocycles. The summed E-state index contributed by atoms with van der Waals surface area (Å²) in [5.41, 5.74) is 1.23. The lowest BCUT2D eigenvalue weighted by molar-refractivity contribution is -0.138. The van der Waals surface area contributed by atoms with Crippen molar-refractivity contribution in [1.29, 1.82) is 5.26 Å². The average Bonchev–Trinajstić information content (AvgIpc) is 3.17. The number of ether oxygens (including phenoxy) is 2. The first-order valence-electron chi connectivity index (χ1n) is 11.7. The van der Waals surface area contributed by atoms with Gasteiger partial charge in [-0.05, 0) is 52.0 Å². The van der Waals surface area contributed by atoms with E-state index in [1.165, 1.54) is 4.90 Å². The van der Waals surface area contributed by atoms with Crippen LogP contribution in [0, 0.1) is 11.3 Å². The van der Waals surface area contributed by atoms with Crippen LogP contribution in [0.2, 0.25) is 0 Å². The molecule has 0 saturated carbocycles. The van der Waals surface area contributed by atoms with Crippen LogP contribution in [-0.2, 0) is 14.3 Å². The van der Waals surface area contributed by atoms with Crippen LogP contribution >= 0.6 is 0 Å². The van der Waals surface area contributed by atoms with Crippen molar-refractivity contribution in [2.24, 2.45) is 0 Å². The van der Waals surface area contributed by atoms with Gasteiger partial charge in [-0.25, -0.2) is 9.18 Å². The van der Waals surface area contributed by atoms with E-state index in [1.807, 2.05) is 24.0 Å². The number of aromatic nitrogens is 1. The number of rotatable bonds is 3. The lowest BCUT2D eigenvalue weighted by Crippen LogP contribution is -2.55. The Morgan fingerprint density at radius 3 is 2.71 bits per heavy atom. The van der Waals surface area contributed by atoms with Crippen molar-refractivity contribution in [3.63, 3.8) is 0 Å². The molecule has 186 valence electrons. The molecular weight excluding hydrogens is 453 g/mol. The number of carbonyl (C=O) groups is 2. The third kappa shape index (κ3) is 5.46. The summed E-state index contributed by atoms with van der Waals surface area (Å²) in [4.78, 5) is 33.0. The molecule has 35 heavy (non-hydrogen) atoms. The van der Waals surface area contributed by atoms with Crippen molar-refractivity contribution in [2.45, 2.75) is 57.7 Å². The van der Waals surface area contributed by atoms with Crippen molar-refractivity contribution >= 4 is 28.6 Å². The minimum atomic E-state index is -1.41. The van der Waals surface area contributed by atoms with Crippen molar-refractivity contribution in [3.8, 4) is 6.07 Å². The topological polar surface area (TPSA) is 108 Å². The number of morpholine rings is 1. The van der Waals surface area contributed by atoms with Gasteiger partial charge >= 0.3 is 6.09 Å². The number of halogens is 1. The predicted octanol–water partition coefficient (Wildman–Crippen LogP) is 2.77. The van der Waals surface area contributed by atoms with Gasteiger partial charge in [0.25, 0.3) is 5.91 Å². The quantitative estimate of drug-likeness (QED) is 0.715. The number of anilines is 1. The number of fused-ring (bicyclic) bond motifs is 1. The Morgan fingerprint density at radius 1 is 1.23 bits per heavy atom. The normalized spacial score (nSPS) is 24.8. The monoisotopic (exact) mass is 483 g/mol. The van der Waals surface area contributed by atoms with E-state index < -0.39 is 35.9 Å². The summed E-state index contributed by atoms with van der Waals surface area (Å²) in [5, 5.41) is 13.0. The van der Waals surface area contributed by atoms with Gasteiger partial charge < -0.3 is 24.6 Å². The van der Waals surface area contributed by atoms with Crippen LogP contribution in [0.1, 0.15) is 33.3 Å². The second kappa shape index (κ2) is 9.66. The molecule has 0 bridgehead atoms. The van der Waals surface area contributed by atoms with Crippen molar-refractivity contribution in [3.05, 3.63) is 36.0 Å². The Hall–Kier alpha value is -3.45. The molecule has 1 N–H and O–H groups in total. The number of carbonyl (C=O) groups excluding carboxylic acids is 2. The van der Waals surface area contributed by atoms with Crippen LogP contribution < -0.4 is 10.2 Å². The number of nitrogens with one attached hydrogen (secondary N) is 1. The molecule has 10 heteroatoms. The molecule has 2 unspecified atom stereocenters. The second-order valence-electron chi connectivity index (χ2n) is 10.0. The molecule has 1 aromatic heterocycles. The number of pyridine rings is 1. The van der Waals surface area contributed by atoms with Crippen LogP contribution in [0.4, 0.5) is 14.9 Å². The largest absolute Gasteiger partial charge is 0.444 e. The maximum absolute atomic E-state index is 14.7. The van der Waals surface area contributed by atoms with E-state index in [-0.39, 0.29) is 25.7 Å². The van der Waals surface area contributed by atoms with E-state index in [0.29, 0.717) is 17.6 Å². The fraction of sp³-hybridized carbons (Fsp3) is 0.520. The fourth-order valence-corrected chi connectivity index (χ4v) is 4.47. The van der Waals surface area contributed by atoms with Crippen molar-refractivity contribution in [1.82, 2.24) is 15.2 Å². The average molecular weight is 484 g/mol. The Kier molecular flexibility index (Phi) is 6.81. The maximum Gasteiger partial charge on any atom is 0.410 e. The standard InChI is InChI=1S/C25H30FN5O4/c1-15-11-30(20-8-7-16(10-27)22-17(20)6-5-9-28-22)14-21(34-15)23(32)29-19-13-31(12-18(19)26)24(33)35-25(2,3)4/h5-9,15,18-19,21H,11-14H2,1-4H3,(H,29,32)/t15-,18?,19?,21-/m1/s1. The molecule has 4 atom stereocenters. The van der Waals surface area contributed by atoms with E-state index in [2.05, 4.69) is 16.4 Å². The Morgan fingerprint density at radius 2 is 2.00 bits per heavy atom. The number of nitrogens with zero attached hydrogens (tertiary/aromatic N) is 4. The van der Waals surface area contributed by atoms with Crippen LogP contribution in [0.25, 0.3) is 10.9 Å². The summed E-state index contributed by atoms with van der Waals surface area (Å²) in [6.07, 6.45) is -1.46. The van der Waals surface area contributed by atoms with Gasteiger partial charge in [-0.3, -0.25) is 9.78 Å². The molecule has 2 aliphatic heterocycles. The Balaban J connectivity index is 1.46. The third-order valence-corrected chi connectivity index (χ3v) is 5.99. The molecule has 2 fully saturated rings. The first-order chi connectivity index (χ1) is 16.6. The van der Waals surface area contributed by atoms with Crippen LogP contribution in [0.15, 0.2) is 30.5 Å². The van der Waals surface area contributed by atoms with Gasteiger partial charge in [0.05, 0.1) is 36.3 Å². The van der Waals surface area contributed by atoms with Crippen LogP contribution in [0.5, 0.6) is 0 Å². The lowest BCUT2D eigenvalue weighted by Gasteiger charge is -2.38. The summed E-state index contributed by atoms with van der Waals surface area (Å²) >= 11 is 0. The maximum atomic E-state index is 14.7. The zero-order valence-corrected chi connectivity index (χ0v) is 20.3. The molecule has 0 spiro atoms. The zero-order chi connectivity index (χ0) is 25.3. The van der Waals surface area contributed by atoms with Crippen LogP contribution in [0.3, 0.4) is 0 Å². The number of nitriles is 1. The van der Waals surface area contributed by atoms with Crippen molar-refractivity contribution < 1.29 is 23.5 Å². The summed E-state index contributed by atoms with van der Waals surface area (Å²) in [6, 6.07) is 8.59. The Labute approximate surface area is 203 Å². The second-order valence-corrected chi connectivity index (χ2v) is 10.0. The van der Waals surface area contributed by atoms with Gasteiger partial charge in [0.1, 0.15) is 17.8 Å². The number of benzene rings is 1. The minimum Gasteiger partial charge on any atom is -0.444 e. The van der Waals surface area contributed by atoms with E-state index in [9.17, 15) is 19.2 Å². The van der Waals surface area contributed by atoms with Gasteiger partial charge in [-0.1, -0.05) is 0 Å². The number of likely N-dealkylation sites (tertiary alicyclic amines) is 1. The Bertz CT molecular complexity index is 1160. The predicted molar refractivity (Wildman–Crippen MR) is 128 cm³/mol. The molecular formula is C25H30FN5O4. The van der Waals surface area contributed by atoms with E-state index >= 15 is 0 Å². The number of amides is 2. The SMILES string of the molecule is C[C@@H]1CN(c2ccc(C#N)c3ncccc23)C[C@H](C(=O)NC2CN(C(=O)OC(C)(C)C)CC2F)O1. The smallest absolute Gasteiger partial charge is 0.410 e. The highest BCUT2D eigenvalue weighted by Crippen LogP contribution is 2.30. The van der Waals surface area contributed by atoms with E-state index in [4.69, 9.17) is 9.47 Å². The molecule has 0 radical (unpaired) electrons. The third-order valence-electron chi connectivity index (χ3n) is 5.99. The molecule has 4 rings (SSSR count). The number of hydrogen-bond donors (Lipinski definition) is 1. The van der Waals surface area contributed by atoms with E-state index in [1.54, 1.807) is 39.1 Å². The number of hydrogen-bond acceptors (Lipinski definition) is 7. The molecule has 3 heterocycles. The van der Waals surface area contributed by atoms with Gasteiger partial charge in [-0.2, -0.15) is 5.26 Å². The highest BCUT2D eigenvalue weighted by atomic mass is 19.1. The fourth-order valence-electron chi connectivity index (χ4n) is 4.47. The molecule has 9 nitrogen and oxygen atoms in total. The summed E-state index contributed by atoms with van der Waals surface area (Å²) < 4.78 is 25.9. The van der Waals surface area contributed by atoms with Gasteiger partial charge in [0.2, 0.25) is 0 Å². The summed E-state index contributed by atoms with van der Waals surface area (Å²) in [5.74, 6) is -0.434. The first-order valence-corrected chi connectivity index (χ1v) is 11.7. The summed E-state index contributed by atoms with van der Waals surface area (Å²) in [6.45, 7) is 7.79. The number of alkyl halides is 1. The lowest BCUT2D eigenvalue weighted by atomic mass is 10.1. The minimum absolute atomic E-state index is 0.0275. The molecule has 2 aromatic rings. The van der Waals surface area contributed by atoms with E-state index in [0.717, 1.165) is 11.1 Å². The van der Waals surface area contributed by atoms with Gasteiger partial charge in [0, 0.05) is 30.4 Å².